The van der Waals surface area contributed by atoms with Crippen molar-refractivity contribution in [2.24, 2.45) is 0 Å². The number of phenolic OH excluding ortho intramolecular Hbond substituents is 1. The van der Waals surface area contributed by atoms with E-state index in [-0.39, 0.29) is 31.7 Å². The maximum atomic E-state index is 13.2. The van der Waals surface area contributed by atoms with E-state index in [0.29, 0.717) is 52.5 Å². The Hall–Kier alpha value is -4.68. The highest BCUT2D eigenvalue weighted by atomic mass is 19.4. The standard InChI is InChI=1S/C34H38F3N5O7/c1-7-8-47-29-16(3)30-31(49-14-48-30)25-19(29)11-21-26-24-18(9-15(2)28(46-6)27(24)43)10-20(41(26)5)22(12-38)42(21)23(25)13-39-32(44)17(4)40-33(45)34(35,36)37/h7,9,17,20-23,26,43H,1,8,10-11,13-14H2,2-6H3,(H,39,44)(H,40,45)/t17-,20-,21?,22-,23-,26+/m0/s1. The van der Waals surface area contributed by atoms with E-state index >= 15 is 0 Å². The van der Waals surface area contributed by atoms with Gasteiger partial charge >= 0.3 is 12.1 Å². The fourth-order valence-corrected chi connectivity index (χ4v) is 8.06. The average molecular weight is 686 g/mol. The largest absolute Gasteiger partial charge is 0.504 e. The van der Waals surface area contributed by atoms with Crippen molar-refractivity contribution in [1.82, 2.24) is 20.4 Å². The molecule has 15 heteroatoms. The Morgan fingerprint density at radius 2 is 1.92 bits per heavy atom. The van der Waals surface area contributed by atoms with Crippen molar-refractivity contribution in [3.05, 3.63) is 52.1 Å². The van der Waals surface area contributed by atoms with Gasteiger partial charge in [0, 0.05) is 40.9 Å². The summed E-state index contributed by atoms with van der Waals surface area (Å²) in [6, 6.07) is 0.246. The first-order valence-corrected chi connectivity index (χ1v) is 15.9. The predicted octanol–water partition coefficient (Wildman–Crippen LogP) is 3.27. The zero-order chi connectivity index (χ0) is 35.5. The van der Waals surface area contributed by atoms with Crippen LogP contribution in [0.25, 0.3) is 0 Å². The van der Waals surface area contributed by atoms with E-state index in [2.05, 4.69) is 22.9 Å². The Morgan fingerprint density at radius 1 is 1.20 bits per heavy atom. The summed E-state index contributed by atoms with van der Waals surface area (Å²) in [5, 5.41) is 26.9. The molecule has 2 aromatic carbocycles. The van der Waals surface area contributed by atoms with E-state index in [1.165, 1.54) is 7.11 Å². The van der Waals surface area contributed by atoms with Gasteiger partial charge in [0.2, 0.25) is 12.7 Å². The normalized spacial score (nSPS) is 24.4. The van der Waals surface area contributed by atoms with Crippen LogP contribution in [0.2, 0.25) is 0 Å². The van der Waals surface area contributed by atoms with Crippen LogP contribution < -0.4 is 29.6 Å². The van der Waals surface area contributed by atoms with E-state index in [1.807, 2.05) is 31.9 Å². The second-order valence-electron chi connectivity index (χ2n) is 12.8. The van der Waals surface area contributed by atoms with Crippen molar-refractivity contribution in [2.75, 3.05) is 34.1 Å². The van der Waals surface area contributed by atoms with Gasteiger partial charge in [-0.05, 0) is 51.8 Å². The molecule has 6 atom stereocenters. The minimum absolute atomic E-state index is 0.0121. The Balaban J connectivity index is 1.51. The molecular formula is C34H38F3N5O7. The van der Waals surface area contributed by atoms with Gasteiger partial charge in [-0.15, -0.1) is 0 Å². The molecule has 2 bridgehead atoms. The van der Waals surface area contributed by atoms with Crippen LogP contribution in [0, 0.1) is 25.2 Å². The Bertz CT molecular complexity index is 1760. The Labute approximate surface area is 281 Å². The number of piperazine rings is 1. The lowest BCUT2D eigenvalue weighted by atomic mass is 9.71. The van der Waals surface area contributed by atoms with Crippen LogP contribution in [-0.2, 0) is 22.4 Å². The van der Waals surface area contributed by atoms with E-state index in [4.69, 9.17) is 18.9 Å². The molecule has 4 heterocycles. The maximum absolute atomic E-state index is 13.2. The van der Waals surface area contributed by atoms with E-state index < -0.39 is 48.2 Å². The zero-order valence-electron chi connectivity index (χ0n) is 27.7. The number of hydrogen-bond acceptors (Lipinski definition) is 10. The topological polar surface area (TPSA) is 146 Å². The molecule has 0 saturated carbocycles. The van der Waals surface area contributed by atoms with Crippen molar-refractivity contribution in [3.8, 4) is 34.8 Å². The fraction of sp³-hybridized carbons (Fsp3) is 0.500. The number of methoxy groups -OCH3 is 1. The number of rotatable bonds is 8. The quantitative estimate of drug-likeness (QED) is 0.354. The predicted molar refractivity (Wildman–Crippen MR) is 169 cm³/mol. The van der Waals surface area contributed by atoms with E-state index in [9.17, 15) is 33.1 Å². The third-order valence-corrected chi connectivity index (χ3v) is 10.1. The molecule has 2 amide bonds. The number of nitrogens with one attached hydrogen (secondary N) is 2. The molecule has 262 valence electrons. The van der Waals surface area contributed by atoms with Crippen molar-refractivity contribution in [1.29, 1.82) is 5.26 Å². The SMILES string of the molecule is C=CCOc1c(C)c2c(c3c1CC1[C@@H]4c5c(cc(C)c(OC)c5O)C[C@@H]([C@H](C#N)N1[C@H]3CNC(=O)[C@H](C)NC(=O)C(F)(F)F)N4C)OCO2. The van der Waals surface area contributed by atoms with Gasteiger partial charge in [-0.2, -0.15) is 18.4 Å². The zero-order valence-corrected chi connectivity index (χ0v) is 27.7. The van der Waals surface area contributed by atoms with Gasteiger partial charge in [0.05, 0.1) is 25.3 Å². The summed E-state index contributed by atoms with van der Waals surface area (Å²) in [6.07, 6.45) is -2.78. The molecule has 12 nitrogen and oxygen atoms in total. The monoisotopic (exact) mass is 685 g/mol. The van der Waals surface area contributed by atoms with Gasteiger partial charge in [0.25, 0.3) is 0 Å². The smallest absolute Gasteiger partial charge is 0.471 e. The number of aromatic hydroxyl groups is 1. The molecule has 6 rings (SSSR count). The number of ether oxygens (including phenoxy) is 4. The fourth-order valence-electron chi connectivity index (χ4n) is 8.06. The minimum atomic E-state index is -5.16. The summed E-state index contributed by atoms with van der Waals surface area (Å²) < 4.78 is 62.6. The maximum Gasteiger partial charge on any atom is 0.471 e. The molecule has 0 aromatic heterocycles. The molecule has 49 heavy (non-hydrogen) atoms. The molecule has 0 radical (unpaired) electrons. The number of halogens is 3. The lowest BCUT2D eigenvalue weighted by molar-refractivity contribution is -0.174. The molecule has 3 N–H and O–H groups in total. The van der Waals surface area contributed by atoms with Gasteiger partial charge < -0.3 is 34.7 Å². The highest BCUT2D eigenvalue weighted by molar-refractivity contribution is 5.89. The van der Waals surface area contributed by atoms with Crippen molar-refractivity contribution < 1.29 is 46.8 Å². The molecular weight excluding hydrogens is 647 g/mol. The first-order valence-electron chi connectivity index (χ1n) is 15.9. The molecule has 1 fully saturated rings. The number of benzene rings is 2. The van der Waals surface area contributed by atoms with Crippen LogP contribution in [0.4, 0.5) is 13.2 Å². The van der Waals surface area contributed by atoms with Crippen molar-refractivity contribution >= 4 is 11.8 Å². The number of amides is 2. The van der Waals surface area contributed by atoms with Crippen LogP contribution in [0.1, 0.15) is 52.4 Å². The number of aryl methyl sites for hydroxylation is 1. The number of phenols is 1. The first kappa shape index (κ1) is 34.2. The lowest BCUT2D eigenvalue weighted by Crippen LogP contribution is -2.69. The summed E-state index contributed by atoms with van der Waals surface area (Å²) >= 11 is 0. The van der Waals surface area contributed by atoms with Crippen LogP contribution in [-0.4, -0.2) is 91.2 Å². The van der Waals surface area contributed by atoms with Gasteiger partial charge in [-0.25, -0.2) is 0 Å². The molecule has 4 aliphatic rings. The summed E-state index contributed by atoms with van der Waals surface area (Å²) in [5.74, 6) is -1.32. The molecule has 0 aliphatic carbocycles. The number of fused-ring (bicyclic) bond motifs is 9. The number of carbonyl (C=O) groups excluding carboxylic acids is 2. The molecule has 2 aromatic rings. The van der Waals surface area contributed by atoms with Crippen LogP contribution >= 0.6 is 0 Å². The van der Waals surface area contributed by atoms with Crippen LogP contribution in [0.3, 0.4) is 0 Å². The Morgan fingerprint density at radius 3 is 2.57 bits per heavy atom. The van der Waals surface area contributed by atoms with Gasteiger partial charge in [0.1, 0.15) is 24.4 Å². The van der Waals surface area contributed by atoms with Gasteiger partial charge in [0.15, 0.2) is 23.0 Å². The summed E-state index contributed by atoms with van der Waals surface area (Å²) in [4.78, 5) is 28.9. The number of alkyl halides is 3. The second kappa shape index (κ2) is 12.6. The molecule has 0 spiro atoms. The van der Waals surface area contributed by atoms with E-state index in [0.717, 1.165) is 23.6 Å². The summed E-state index contributed by atoms with van der Waals surface area (Å²) in [6.45, 7) is 8.57. The van der Waals surface area contributed by atoms with Gasteiger partial charge in [-0.3, -0.25) is 19.4 Å². The number of carbonyl (C=O) groups is 2. The number of nitrogens with zero attached hydrogens (tertiary/aromatic N) is 3. The first-order chi connectivity index (χ1) is 23.2. The molecule has 1 unspecified atom stereocenters. The number of likely N-dealkylation sites (N-methyl/N-ethyl adjacent to an activating group) is 1. The van der Waals surface area contributed by atoms with Crippen LogP contribution in [0.5, 0.6) is 28.7 Å². The highest BCUT2D eigenvalue weighted by Gasteiger charge is 2.57. The third kappa shape index (κ3) is 5.47. The summed E-state index contributed by atoms with van der Waals surface area (Å²) in [7, 11) is 3.41. The highest BCUT2D eigenvalue weighted by Crippen LogP contribution is 2.58. The lowest BCUT2D eigenvalue weighted by Gasteiger charge is -2.60. The average Bonchev–Trinajstić information content (AvgIpc) is 3.54. The number of nitriles is 1. The Kier molecular flexibility index (Phi) is 8.83. The third-order valence-electron chi connectivity index (χ3n) is 10.1. The number of hydrogen-bond donors (Lipinski definition) is 3. The molecule has 1 saturated heterocycles. The minimum Gasteiger partial charge on any atom is -0.504 e. The van der Waals surface area contributed by atoms with Crippen LogP contribution in [0.15, 0.2) is 18.7 Å². The van der Waals surface area contributed by atoms with Crippen molar-refractivity contribution in [3.63, 3.8) is 0 Å². The summed E-state index contributed by atoms with van der Waals surface area (Å²) in [5.41, 5.74) is 4.39. The molecule has 4 aliphatic heterocycles. The van der Waals surface area contributed by atoms with E-state index in [1.54, 1.807) is 11.4 Å². The van der Waals surface area contributed by atoms with Crippen molar-refractivity contribution in [2.45, 2.75) is 76.0 Å². The second-order valence-corrected chi connectivity index (χ2v) is 12.8. The van der Waals surface area contributed by atoms with Gasteiger partial charge in [-0.1, -0.05) is 18.7 Å².